The minimum Gasteiger partial charge on any atom is -0.148 e. The largest absolute Gasteiger partial charge is 0.148 e. The normalized spacial score (nSPS) is 31.5. The number of thiophene rings is 1. The van der Waals surface area contributed by atoms with Gasteiger partial charge in [-0.3, -0.25) is 0 Å². The van der Waals surface area contributed by atoms with Crippen LogP contribution in [0, 0.1) is 11.3 Å². The molecule has 1 fully saturated rings. The predicted molar refractivity (Wildman–Crippen MR) is 67.3 cm³/mol. The molecule has 2 rings (SSSR count). The lowest BCUT2D eigenvalue weighted by Gasteiger charge is -2.45. The Bertz CT molecular complexity index is 315. The molecule has 0 spiro atoms. The van der Waals surface area contributed by atoms with E-state index >= 15 is 0 Å². The number of hydrogen-bond acceptors (Lipinski definition) is 1. The van der Waals surface area contributed by atoms with Crippen molar-refractivity contribution < 1.29 is 0 Å². The summed E-state index contributed by atoms with van der Waals surface area (Å²) in [5, 5.41) is 2.15. The van der Waals surface area contributed by atoms with Crippen LogP contribution in [0.1, 0.15) is 24.6 Å². The molecule has 1 aromatic rings. The molecule has 1 aliphatic rings. The van der Waals surface area contributed by atoms with Crippen LogP contribution >= 0.6 is 38.9 Å². The Hall–Kier alpha value is 0.470. The first-order valence-electron chi connectivity index (χ1n) is 4.92. The number of hydrogen-bond donors (Lipinski definition) is 0. The smallest absolute Gasteiger partial charge is 0.0285 e. The molecule has 78 valence electrons. The van der Waals surface area contributed by atoms with E-state index < -0.39 is 0 Å². The summed E-state index contributed by atoms with van der Waals surface area (Å²) in [6.45, 7) is 2.31. The standard InChI is InChI=1S/C11H14BrClS/c1-8-3-11(4-8,7-13)5-10-2-9(12)6-14-10/h2,6,8H,3-5,7H2,1H3. The first kappa shape index (κ1) is 11.0. The summed E-state index contributed by atoms with van der Waals surface area (Å²) in [4.78, 5) is 1.46. The zero-order valence-electron chi connectivity index (χ0n) is 8.22. The molecule has 0 bridgehead atoms. The summed E-state index contributed by atoms with van der Waals surface area (Å²) in [6, 6.07) is 2.22. The summed E-state index contributed by atoms with van der Waals surface area (Å²) in [5.74, 6) is 1.68. The number of halogens is 2. The van der Waals surface area contributed by atoms with Gasteiger partial charge in [0.25, 0.3) is 0 Å². The van der Waals surface area contributed by atoms with Gasteiger partial charge in [-0.25, -0.2) is 0 Å². The summed E-state index contributed by atoms with van der Waals surface area (Å²) in [6.07, 6.45) is 3.76. The van der Waals surface area contributed by atoms with Crippen molar-refractivity contribution in [3.63, 3.8) is 0 Å². The highest BCUT2D eigenvalue weighted by Gasteiger charge is 2.41. The third kappa shape index (κ3) is 2.17. The van der Waals surface area contributed by atoms with Gasteiger partial charge in [-0.2, -0.15) is 0 Å². The van der Waals surface area contributed by atoms with Crippen LogP contribution in [0.3, 0.4) is 0 Å². The van der Waals surface area contributed by atoms with Crippen LogP contribution in [-0.4, -0.2) is 5.88 Å². The lowest BCUT2D eigenvalue weighted by atomic mass is 9.62. The third-order valence-electron chi connectivity index (χ3n) is 3.02. The molecule has 1 aliphatic carbocycles. The first-order valence-corrected chi connectivity index (χ1v) is 7.13. The molecule has 0 unspecified atom stereocenters. The highest BCUT2D eigenvalue weighted by Crippen LogP contribution is 2.49. The maximum Gasteiger partial charge on any atom is 0.0285 e. The van der Waals surface area contributed by atoms with Crippen molar-refractivity contribution in [3.8, 4) is 0 Å². The van der Waals surface area contributed by atoms with Gasteiger partial charge in [0.15, 0.2) is 0 Å². The molecule has 1 heterocycles. The van der Waals surface area contributed by atoms with Crippen molar-refractivity contribution in [3.05, 3.63) is 20.8 Å². The van der Waals surface area contributed by atoms with E-state index in [4.69, 9.17) is 11.6 Å². The van der Waals surface area contributed by atoms with Crippen LogP contribution in [0.4, 0.5) is 0 Å². The topological polar surface area (TPSA) is 0 Å². The lowest BCUT2D eigenvalue weighted by Crippen LogP contribution is -2.39. The second-order valence-corrected chi connectivity index (χ2v) is 6.73. The van der Waals surface area contributed by atoms with Gasteiger partial charge in [0.05, 0.1) is 0 Å². The minimum absolute atomic E-state index is 0.408. The molecule has 0 aliphatic heterocycles. The molecule has 3 heteroatoms. The highest BCUT2D eigenvalue weighted by atomic mass is 79.9. The fraction of sp³-hybridized carbons (Fsp3) is 0.636. The molecule has 1 saturated carbocycles. The average molecular weight is 294 g/mol. The molecule has 1 aromatic heterocycles. The van der Waals surface area contributed by atoms with Gasteiger partial charge in [0.1, 0.15) is 0 Å². The molecule has 0 aromatic carbocycles. The van der Waals surface area contributed by atoms with Crippen LogP contribution in [0.5, 0.6) is 0 Å². The molecule has 0 radical (unpaired) electrons. The van der Waals surface area contributed by atoms with Gasteiger partial charge in [-0.15, -0.1) is 22.9 Å². The van der Waals surface area contributed by atoms with E-state index in [1.165, 1.54) is 22.2 Å². The zero-order chi connectivity index (χ0) is 10.2. The minimum atomic E-state index is 0.408. The summed E-state index contributed by atoms with van der Waals surface area (Å²) in [7, 11) is 0. The van der Waals surface area contributed by atoms with E-state index in [2.05, 4.69) is 34.3 Å². The van der Waals surface area contributed by atoms with E-state index in [1.54, 1.807) is 0 Å². The van der Waals surface area contributed by atoms with E-state index in [1.807, 2.05) is 11.3 Å². The Morgan fingerprint density at radius 1 is 1.64 bits per heavy atom. The molecule has 0 atom stereocenters. The van der Waals surface area contributed by atoms with E-state index in [9.17, 15) is 0 Å². The molecular formula is C11H14BrClS. The van der Waals surface area contributed by atoms with E-state index in [-0.39, 0.29) is 0 Å². The monoisotopic (exact) mass is 292 g/mol. The quantitative estimate of drug-likeness (QED) is 0.708. The van der Waals surface area contributed by atoms with Gasteiger partial charge in [0, 0.05) is 20.6 Å². The molecule has 0 nitrogen and oxygen atoms in total. The maximum atomic E-state index is 6.08. The first-order chi connectivity index (χ1) is 6.63. The van der Waals surface area contributed by atoms with Crippen LogP contribution < -0.4 is 0 Å². The van der Waals surface area contributed by atoms with Crippen LogP contribution in [0.15, 0.2) is 15.9 Å². The Morgan fingerprint density at radius 3 is 2.79 bits per heavy atom. The number of alkyl halides is 1. The third-order valence-corrected chi connectivity index (χ3v) is 5.28. The summed E-state index contributed by atoms with van der Waals surface area (Å²) >= 11 is 11.4. The Kier molecular flexibility index (Phi) is 3.25. The van der Waals surface area contributed by atoms with Crippen LogP contribution in [0.25, 0.3) is 0 Å². The van der Waals surface area contributed by atoms with Gasteiger partial charge in [0.2, 0.25) is 0 Å². The summed E-state index contributed by atoms with van der Waals surface area (Å²) < 4.78 is 1.20. The molecule has 0 saturated heterocycles. The van der Waals surface area contributed by atoms with Crippen molar-refractivity contribution in [1.29, 1.82) is 0 Å². The molecule has 14 heavy (non-hydrogen) atoms. The van der Waals surface area contributed by atoms with Crippen molar-refractivity contribution in [2.45, 2.75) is 26.2 Å². The molecule has 0 amide bonds. The Labute approximate surface area is 103 Å². The Morgan fingerprint density at radius 2 is 2.36 bits per heavy atom. The van der Waals surface area contributed by atoms with Crippen molar-refractivity contribution in [1.82, 2.24) is 0 Å². The second-order valence-electron chi connectivity index (χ2n) is 4.56. The van der Waals surface area contributed by atoms with Crippen molar-refractivity contribution in [2.24, 2.45) is 11.3 Å². The Balaban J connectivity index is 2.02. The molecular weight excluding hydrogens is 280 g/mol. The fourth-order valence-corrected chi connectivity index (χ4v) is 4.47. The van der Waals surface area contributed by atoms with Gasteiger partial charge < -0.3 is 0 Å². The SMILES string of the molecule is CC1CC(CCl)(Cc2cc(Br)cs2)C1. The van der Waals surface area contributed by atoms with Gasteiger partial charge in [-0.1, -0.05) is 6.92 Å². The second kappa shape index (κ2) is 4.15. The van der Waals surface area contributed by atoms with Crippen LogP contribution in [-0.2, 0) is 6.42 Å². The maximum absolute atomic E-state index is 6.08. The highest BCUT2D eigenvalue weighted by molar-refractivity contribution is 9.10. The predicted octanol–water partition coefficient (Wildman–Crippen LogP) is 4.71. The fourth-order valence-electron chi connectivity index (χ4n) is 2.54. The van der Waals surface area contributed by atoms with E-state index in [0.717, 1.165) is 18.2 Å². The van der Waals surface area contributed by atoms with Gasteiger partial charge in [-0.05, 0) is 52.6 Å². The zero-order valence-corrected chi connectivity index (χ0v) is 11.4. The number of rotatable bonds is 3. The van der Waals surface area contributed by atoms with Crippen LogP contribution in [0.2, 0.25) is 0 Å². The van der Waals surface area contributed by atoms with Crippen molar-refractivity contribution >= 4 is 38.9 Å². The summed E-state index contributed by atoms with van der Waals surface area (Å²) in [5.41, 5.74) is 0.408. The van der Waals surface area contributed by atoms with Crippen molar-refractivity contribution in [2.75, 3.05) is 5.88 Å². The van der Waals surface area contributed by atoms with E-state index in [0.29, 0.717) is 5.41 Å². The van der Waals surface area contributed by atoms with Gasteiger partial charge >= 0.3 is 0 Å². The lowest BCUT2D eigenvalue weighted by molar-refractivity contribution is 0.0934. The average Bonchev–Trinajstić information content (AvgIpc) is 2.48. The molecule has 0 N–H and O–H groups in total.